The lowest BCUT2D eigenvalue weighted by molar-refractivity contribution is -0.156. The molecule has 3 heterocycles. The second-order valence-electron chi connectivity index (χ2n) is 5.18. The van der Waals surface area contributed by atoms with E-state index in [2.05, 4.69) is 0 Å². The number of carboxylic acid groups (broad SMARTS) is 2. The molecule has 0 aliphatic carbocycles. The monoisotopic (exact) mass is 289 g/mol. The summed E-state index contributed by atoms with van der Waals surface area (Å²) in [6, 6.07) is 0.606. The predicted octanol–water partition coefficient (Wildman–Crippen LogP) is -0.00222. The highest BCUT2D eigenvalue weighted by Gasteiger charge is 2.64. The Morgan fingerprint density at radius 2 is 2.10 bits per heavy atom. The van der Waals surface area contributed by atoms with Crippen molar-refractivity contribution >= 4 is 18.0 Å². The topological polar surface area (TPSA) is 122 Å². The molecule has 0 aromatic heterocycles. The molecule has 3 rings (SSSR count). The third kappa shape index (κ3) is 1.64. The number of hydrogen-bond donors (Lipinski definition) is 2. The van der Waals surface area contributed by atoms with Gasteiger partial charge in [-0.15, -0.1) is 0 Å². The first-order valence-corrected chi connectivity index (χ1v) is 6.32. The highest BCUT2D eigenvalue weighted by molar-refractivity contribution is 6.02. The Morgan fingerprint density at radius 1 is 1.38 bits per heavy atom. The minimum absolute atomic E-state index is 0.134. The van der Waals surface area contributed by atoms with Crippen molar-refractivity contribution in [3.63, 3.8) is 0 Å². The normalized spacial score (nSPS) is 30.2. The van der Waals surface area contributed by atoms with Crippen molar-refractivity contribution in [3.8, 4) is 6.07 Å². The molecule has 8 nitrogen and oxygen atoms in total. The van der Waals surface area contributed by atoms with E-state index in [0.717, 1.165) is 11.0 Å². The van der Waals surface area contributed by atoms with Gasteiger partial charge < -0.3 is 10.2 Å². The number of likely N-dealkylation sites (tertiary alicyclic amines) is 1. The molecular weight excluding hydrogens is 278 g/mol. The number of carbonyl (C=O) groups is 3. The zero-order valence-electron chi connectivity index (χ0n) is 10.8. The molecule has 108 valence electrons. The second kappa shape index (κ2) is 4.34. The lowest BCUT2D eigenvalue weighted by atomic mass is 9.79. The number of allylic oxidation sites excluding steroid dienone is 3. The minimum atomic E-state index is -1.24. The lowest BCUT2D eigenvalue weighted by Crippen LogP contribution is -2.69. The molecule has 0 bridgehead atoms. The summed E-state index contributed by atoms with van der Waals surface area (Å²) in [7, 11) is 0. The van der Waals surface area contributed by atoms with Crippen LogP contribution in [0.4, 0.5) is 4.79 Å². The predicted molar refractivity (Wildman–Crippen MR) is 66.7 cm³/mol. The largest absolute Gasteiger partial charge is 0.477 e. The number of β-lactam (4-membered cyclic amide) rings is 1. The molecule has 2 saturated heterocycles. The van der Waals surface area contributed by atoms with E-state index < -0.39 is 30.1 Å². The first kappa shape index (κ1) is 13.2. The molecule has 2 amide bonds. The van der Waals surface area contributed by atoms with E-state index in [1.165, 1.54) is 11.0 Å². The van der Waals surface area contributed by atoms with Crippen molar-refractivity contribution < 1.29 is 24.6 Å². The van der Waals surface area contributed by atoms with E-state index in [0.29, 0.717) is 12.0 Å². The van der Waals surface area contributed by atoms with Crippen LogP contribution in [0.25, 0.3) is 0 Å². The third-order valence-corrected chi connectivity index (χ3v) is 4.20. The molecule has 8 heteroatoms. The first-order valence-electron chi connectivity index (χ1n) is 6.32. The van der Waals surface area contributed by atoms with Crippen LogP contribution in [0, 0.1) is 17.2 Å². The van der Waals surface area contributed by atoms with E-state index in [4.69, 9.17) is 10.4 Å². The number of carbonyl (C=O) groups excluding carboxylic acids is 1. The van der Waals surface area contributed by atoms with Crippen LogP contribution in [0.15, 0.2) is 23.4 Å². The van der Waals surface area contributed by atoms with Gasteiger partial charge >= 0.3 is 12.1 Å². The van der Waals surface area contributed by atoms with Crippen molar-refractivity contribution in [2.24, 2.45) is 5.92 Å². The van der Waals surface area contributed by atoms with Crippen molar-refractivity contribution in [3.05, 3.63) is 23.4 Å². The maximum absolute atomic E-state index is 12.1. The van der Waals surface area contributed by atoms with Gasteiger partial charge in [0.1, 0.15) is 11.7 Å². The maximum Gasteiger partial charge on any atom is 0.408 e. The van der Waals surface area contributed by atoms with E-state index in [9.17, 15) is 19.5 Å². The van der Waals surface area contributed by atoms with Crippen LogP contribution < -0.4 is 0 Å². The van der Waals surface area contributed by atoms with E-state index in [1.807, 2.05) is 0 Å². The van der Waals surface area contributed by atoms with Crippen LogP contribution in [0.2, 0.25) is 0 Å². The minimum Gasteiger partial charge on any atom is -0.477 e. The van der Waals surface area contributed by atoms with Crippen LogP contribution in [0.1, 0.15) is 6.42 Å². The van der Waals surface area contributed by atoms with Crippen LogP contribution in [0.3, 0.4) is 0 Å². The second-order valence-corrected chi connectivity index (χ2v) is 5.18. The van der Waals surface area contributed by atoms with Crippen molar-refractivity contribution in [1.29, 1.82) is 5.26 Å². The summed E-state index contributed by atoms with van der Waals surface area (Å²) in [5, 5.41) is 27.0. The average molecular weight is 289 g/mol. The molecule has 2 fully saturated rings. The van der Waals surface area contributed by atoms with Crippen LogP contribution in [0.5, 0.6) is 0 Å². The van der Waals surface area contributed by atoms with Crippen molar-refractivity contribution in [2.75, 3.05) is 6.54 Å². The Labute approximate surface area is 119 Å². The maximum atomic E-state index is 12.1. The molecule has 0 aromatic carbocycles. The number of hydrogen-bond acceptors (Lipinski definition) is 4. The summed E-state index contributed by atoms with van der Waals surface area (Å²) in [5.41, 5.74) is 0.237. The number of nitrogens with zero attached hydrogens (tertiary/aromatic N) is 3. The SMILES string of the molecule is N#C/C=C/C1=C(C(=O)O)N2C(=O)[C@@H]3[C@H]2[C@H](C1)CN3C(=O)O. The zero-order chi connectivity index (χ0) is 15.3. The van der Waals surface area contributed by atoms with E-state index in [1.54, 1.807) is 6.07 Å². The van der Waals surface area contributed by atoms with E-state index in [-0.39, 0.29) is 18.2 Å². The third-order valence-electron chi connectivity index (χ3n) is 4.20. The van der Waals surface area contributed by atoms with Gasteiger partial charge in [-0.25, -0.2) is 9.59 Å². The summed E-state index contributed by atoms with van der Waals surface area (Å²) in [6.45, 7) is 0.198. The average Bonchev–Trinajstić information content (AvgIpc) is 2.79. The zero-order valence-corrected chi connectivity index (χ0v) is 10.8. The van der Waals surface area contributed by atoms with Crippen LogP contribution >= 0.6 is 0 Å². The van der Waals surface area contributed by atoms with Gasteiger partial charge in [0, 0.05) is 18.5 Å². The molecule has 3 aliphatic heterocycles. The molecule has 3 aliphatic rings. The van der Waals surface area contributed by atoms with Crippen molar-refractivity contribution in [1.82, 2.24) is 9.80 Å². The Bertz CT molecular complexity index is 659. The number of rotatable bonds is 2. The standard InChI is InChI=1S/C13H11N3O5/c14-3-1-2-6-4-7-5-15(13(20)21)10-8(7)16(11(10)17)9(6)12(18)19/h1-2,7-8,10H,4-5H2,(H,18,19)(H,20,21)/b2-1+/t7-,8-,10+/m1/s1. The number of amides is 2. The van der Waals surface area contributed by atoms with Gasteiger partial charge in [0.25, 0.3) is 5.91 Å². The van der Waals surface area contributed by atoms with Gasteiger partial charge in [0.05, 0.1) is 12.1 Å². The quantitative estimate of drug-likeness (QED) is 0.545. The highest BCUT2D eigenvalue weighted by atomic mass is 16.4. The number of carboxylic acids is 1. The molecule has 0 radical (unpaired) electrons. The lowest BCUT2D eigenvalue weighted by Gasteiger charge is -2.49. The van der Waals surface area contributed by atoms with E-state index >= 15 is 0 Å². The van der Waals surface area contributed by atoms with Gasteiger partial charge in [0.2, 0.25) is 0 Å². The fourth-order valence-corrected chi connectivity index (χ4v) is 3.46. The molecule has 2 N–H and O–H groups in total. The molecule has 0 unspecified atom stereocenters. The first-order chi connectivity index (χ1) is 9.97. The Balaban J connectivity index is 2.03. The number of nitriles is 1. The summed E-state index contributed by atoms with van der Waals surface area (Å²) in [5.74, 6) is -1.89. The smallest absolute Gasteiger partial charge is 0.408 e. The highest BCUT2D eigenvalue weighted by Crippen LogP contribution is 2.47. The van der Waals surface area contributed by atoms with Crippen molar-refractivity contribution in [2.45, 2.75) is 18.5 Å². The van der Waals surface area contributed by atoms with Gasteiger partial charge in [-0.2, -0.15) is 5.26 Å². The molecule has 3 atom stereocenters. The van der Waals surface area contributed by atoms with Gasteiger partial charge in [-0.05, 0) is 18.1 Å². The van der Waals surface area contributed by atoms with Crippen LogP contribution in [-0.2, 0) is 9.59 Å². The fourth-order valence-electron chi connectivity index (χ4n) is 3.46. The van der Waals surface area contributed by atoms with Gasteiger partial charge in [0.15, 0.2) is 0 Å². The molecule has 0 spiro atoms. The Kier molecular flexibility index (Phi) is 2.73. The summed E-state index contributed by atoms with van der Waals surface area (Å²) >= 11 is 0. The molecule has 21 heavy (non-hydrogen) atoms. The summed E-state index contributed by atoms with van der Waals surface area (Å²) in [6.07, 6.45) is 1.70. The number of aliphatic carboxylic acids is 1. The van der Waals surface area contributed by atoms with Gasteiger partial charge in [-0.1, -0.05) is 0 Å². The fraction of sp³-hybridized carbons (Fsp3) is 0.385. The Hall–Kier alpha value is -2.82. The van der Waals surface area contributed by atoms with Crippen LogP contribution in [-0.4, -0.2) is 56.6 Å². The summed E-state index contributed by atoms with van der Waals surface area (Å²) < 4.78 is 0. The molecule has 0 aromatic rings. The van der Waals surface area contributed by atoms with Gasteiger partial charge in [-0.3, -0.25) is 14.6 Å². The summed E-state index contributed by atoms with van der Waals surface area (Å²) in [4.78, 5) is 37.0. The molecular formula is C13H11N3O5. The Morgan fingerprint density at radius 3 is 2.67 bits per heavy atom. The molecule has 0 saturated carbocycles.